The highest BCUT2D eigenvalue weighted by Gasteiger charge is 2.13. The smallest absolute Gasteiger partial charge is 0.252 e. The molecule has 0 aliphatic rings. The minimum Gasteiger partial charge on any atom is -0.365 e. The lowest BCUT2D eigenvalue weighted by molar-refractivity contribution is 0.0997. The molecule has 0 aliphatic heterocycles. The molecule has 1 heterocycles. The van der Waals surface area contributed by atoms with Crippen LogP contribution in [0.3, 0.4) is 0 Å². The van der Waals surface area contributed by atoms with Gasteiger partial charge in [-0.05, 0) is 39.7 Å². The molecule has 0 aliphatic carbocycles. The molecule has 0 saturated carbocycles. The number of carbonyl (C=O) groups is 1. The molecule has 23 heavy (non-hydrogen) atoms. The summed E-state index contributed by atoms with van der Waals surface area (Å²) in [5.41, 5.74) is 5.92. The maximum atomic E-state index is 11.6. The normalized spacial score (nSPS) is 11.4. The molecule has 0 saturated heterocycles. The number of nitrogens with one attached hydrogen (secondary N) is 1. The molecule has 0 fully saturated rings. The number of hydrogen-bond donors (Lipinski definition) is 2. The van der Waals surface area contributed by atoms with Gasteiger partial charge in [0.05, 0.1) is 15.5 Å². The van der Waals surface area contributed by atoms with Crippen molar-refractivity contribution in [1.82, 2.24) is 4.57 Å². The van der Waals surface area contributed by atoms with Gasteiger partial charge in [-0.2, -0.15) is 0 Å². The van der Waals surface area contributed by atoms with Crippen LogP contribution in [0.4, 0.5) is 0 Å². The largest absolute Gasteiger partial charge is 0.365 e. The summed E-state index contributed by atoms with van der Waals surface area (Å²) in [4.78, 5) is 11.5. The Morgan fingerprint density at radius 1 is 1.39 bits per heavy atom. The van der Waals surface area contributed by atoms with E-state index in [1.165, 1.54) is 22.9 Å². The third-order valence-electron chi connectivity index (χ3n) is 3.12. The molecule has 0 bridgehead atoms. The molecule has 1 amide bonds. The van der Waals surface area contributed by atoms with Crippen molar-refractivity contribution in [3.63, 3.8) is 0 Å². The molecule has 2 rings (SSSR count). The number of benzene rings is 1. The van der Waals surface area contributed by atoms with Crippen LogP contribution in [0, 0.1) is 5.41 Å². The minimum absolute atomic E-state index is 0.0179. The Hall–Kier alpha value is -1.64. The zero-order valence-corrected chi connectivity index (χ0v) is 15.2. The maximum Gasteiger partial charge on any atom is 0.252 e. The monoisotopic (exact) mass is 417 g/mol. The average Bonchev–Trinajstić information content (AvgIpc) is 2.40. The minimum atomic E-state index is -3.33. The van der Waals surface area contributed by atoms with Crippen molar-refractivity contribution in [3.8, 4) is 0 Å². The first-order valence-corrected chi connectivity index (χ1v) is 9.38. The number of nitrogens with two attached hydrogens (primary N) is 1. The SMILES string of the molecule is CS(=O)(=O)c1ccc(Cn2cc(Cl)cc(C(N)=O)c2=N)cc1Br. The summed E-state index contributed by atoms with van der Waals surface area (Å²) in [6.45, 7) is 0.238. The Labute approximate surface area is 146 Å². The maximum absolute atomic E-state index is 11.6. The number of primary amides is 1. The first-order chi connectivity index (χ1) is 10.6. The number of halogens is 2. The van der Waals surface area contributed by atoms with Crippen molar-refractivity contribution in [1.29, 1.82) is 5.41 Å². The van der Waals surface area contributed by atoms with E-state index in [9.17, 15) is 13.2 Å². The summed E-state index contributed by atoms with van der Waals surface area (Å²) in [6.07, 6.45) is 2.63. The quantitative estimate of drug-likeness (QED) is 0.792. The fourth-order valence-corrected chi connectivity index (χ4v) is 4.33. The summed E-state index contributed by atoms with van der Waals surface area (Å²) >= 11 is 9.18. The van der Waals surface area contributed by atoms with Crippen molar-refractivity contribution >= 4 is 43.3 Å². The molecule has 0 spiro atoms. The molecule has 2 aromatic rings. The second-order valence-electron chi connectivity index (χ2n) is 4.95. The van der Waals surface area contributed by atoms with Crippen LogP contribution in [0.15, 0.2) is 39.8 Å². The van der Waals surface area contributed by atoms with Crippen LogP contribution < -0.4 is 11.2 Å². The van der Waals surface area contributed by atoms with Crippen LogP contribution in [0.25, 0.3) is 0 Å². The van der Waals surface area contributed by atoms with Crippen LogP contribution >= 0.6 is 27.5 Å². The van der Waals surface area contributed by atoms with Crippen LogP contribution in [-0.2, 0) is 16.4 Å². The molecule has 1 aromatic carbocycles. The Balaban J connectivity index is 2.47. The molecule has 122 valence electrons. The average molecular weight is 419 g/mol. The number of rotatable bonds is 4. The molecule has 6 nitrogen and oxygen atoms in total. The first kappa shape index (κ1) is 17.7. The van der Waals surface area contributed by atoms with Gasteiger partial charge in [-0.25, -0.2) is 8.42 Å². The van der Waals surface area contributed by atoms with E-state index in [4.69, 9.17) is 22.7 Å². The second kappa shape index (κ2) is 6.46. The van der Waals surface area contributed by atoms with Gasteiger partial charge in [-0.15, -0.1) is 0 Å². The van der Waals surface area contributed by atoms with E-state index in [0.717, 1.165) is 11.8 Å². The van der Waals surface area contributed by atoms with Crippen molar-refractivity contribution in [3.05, 3.63) is 56.6 Å². The van der Waals surface area contributed by atoms with Crippen molar-refractivity contribution in [2.24, 2.45) is 5.73 Å². The van der Waals surface area contributed by atoms with E-state index < -0.39 is 15.7 Å². The molecule has 0 atom stereocenters. The summed E-state index contributed by atoms with van der Waals surface area (Å²) in [5, 5.41) is 8.29. The van der Waals surface area contributed by atoms with Gasteiger partial charge >= 0.3 is 0 Å². The van der Waals surface area contributed by atoms with Gasteiger partial charge in [0, 0.05) is 23.5 Å². The van der Waals surface area contributed by atoms with E-state index in [1.807, 2.05) is 0 Å². The van der Waals surface area contributed by atoms with E-state index in [1.54, 1.807) is 12.1 Å². The van der Waals surface area contributed by atoms with Crippen molar-refractivity contribution in [2.45, 2.75) is 11.4 Å². The van der Waals surface area contributed by atoms with Crippen LogP contribution in [0.2, 0.25) is 5.02 Å². The Bertz CT molecular complexity index is 954. The summed E-state index contributed by atoms with van der Waals surface area (Å²) < 4.78 is 25.1. The predicted molar refractivity (Wildman–Crippen MR) is 90.2 cm³/mol. The van der Waals surface area contributed by atoms with Gasteiger partial charge in [-0.3, -0.25) is 10.2 Å². The summed E-state index contributed by atoms with van der Waals surface area (Å²) in [5.74, 6) is -0.736. The number of nitrogens with zero attached hydrogens (tertiary/aromatic N) is 1. The molecular weight excluding hydrogens is 406 g/mol. The number of hydrogen-bond acceptors (Lipinski definition) is 4. The fraction of sp³-hybridized carbons (Fsp3) is 0.143. The molecule has 1 aromatic heterocycles. The highest BCUT2D eigenvalue weighted by molar-refractivity contribution is 9.10. The lowest BCUT2D eigenvalue weighted by atomic mass is 10.2. The lowest BCUT2D eigenvalue weighted by Gasteiger charge is -2.11. The van der Waals surface area contributed by atoms with Crippen molar-refractivity contribution in [2.75, 3.05) is 6.26 Å². The molecule has 3 N–H and O–H groups in total. The molecule has 0 radical (unpaired) electrons. The summed E-state index contributed by atoms with van der Waals surface area (Å²) in [6, 6.07) is 6.11. The van der Waals surface area contributed by atoms with Gasteiger partial charge < -0.3 is 10.3 Å². The zero-order chi connectivity index (χ0) is 17.4. The van der Waals surface area contributed by atoms with E-state index >= 15 is 0 Å². The second-order valence-corrected chi connectivity index (χ2v) is 8.22. The highest BCUT2D eigenvalue weighted by atomic mass is 79.9. The van der Waals surface area contributed by atoms with E-state index in [2.05, 4.69) is 15.9 Å². The zero-order valence-electron chi connectivity index (χ0n) is 12.0. The Kier molecular flexibility index (Phi) is 4.98. The number of aromatic nitrogens is 1. The van der Waals surface area contributed by atoms with Crippen LogP contribution in [0.5, 0.6) is 0 Å². The summed E-state index contributed by atoms with van der Waals surface area (Å²) in [7, 11) is -3.33. The predicted octanol–water partition coefficient (Wildman–Crippen LogP) is 1.93. The van der Waals surface area contributed by atoms with Gasteiger partial charge in [0.1, 0.15) is 5.49 Å². The number of pyridine rings is 1. The lowest BCUT2D eigenvalue weighted by Crippen LogP contribution is -2.29. The van der Waals surface area contributed by atoms with Gasteiger partial charge in [-0.1, -0.05) is 17.7 Å². The highest BCUT2D eigenvalue weighted by Crippen LogP contribution is 2.23. The Morgan fingerprint density at radius 2 is 2.04 bits per heavy atom. The fourth-order valence-electron chi connectivity index (χ4n) is 2.06. The third-order valence-corrected chi connectivity index (χ3v) is 5.40. The van der Waals surface area contributed by atoms with Crippen LogP contribution in [-0.4, -0.2) is 25.1 Å². The Morgan fingerprint density at radius 3 is 2.57 bits per heavy atom. The molecule has 0 unspecified atom stereocenters. The van der Waals surface area contributed by atoms with E-state index in [0.29, 0.717) is 4.47 Å². The van der Waals surface area contributed by atoms with E-state index in [-0.39, 0.29) is 27.5 Å². The number of carbonyl (C=O) groups excluding carboxylic acids is 1. The first-order valence-electron chi connectivity index (χ1n) is 6.32. The van der Waals surface area contributed by atoms with Crippen LogP contribution in [0.1, 0.15) is 15.9 Å². The standard InChI is InChI=1S/C14H13BrClN3O3S/c1-23(21,22)12-3-2-8(4-11(12)15)6-19-7-9(16)5-10(13(19)17)14(18)20/h2-5,7,17H,6H2,1H3,(H2,18,20). The number of sulfone groups is 1. The number of amides is 1. The van der Waals surface area contributed by atoms with Gasteiger partial charge in [0.25, 0.3) is 5.91 Å². The van der Waals surface area contributed by atoms with Crippen molar-refractivity contribution < 1.29 is 13.2 Å². The topological polar surface area (TPSA) is 106 Å². The van der Waals surface area contributed by atoms with Gasteiger partial charge in [0.2, 0.25) is 0 Å². The van der Waals surface area contributed by atoms with Gasteiger partial charge in [0.15, 0.2) is 9.84 Å². The molecular formula is C14H13BrClN3O3S. The third kappa shape index (κ3) is 4.01. The molecule has 9 heteroatoms.